The van der Waals surface area contributed by atoms with Crippen molar-refractivity contribution in [2.75, 3.05) is 6.61 Å². The summed E-state index contributed by atoms with van der Waals surface area (Å²) in [5.41, 5.74) is -3.37. The van der Waals surface area contributed by atoms with Crippen molar-refractivity contribution in [3.63, 3.8) is 0 Å². The van der Waals surface area contributed by atoms with Crippen molar-refractivity contribution in [2.45, 2.75) is 38.1 Å². The highest BCUT2D eigenvalue weighted by Crippen LogP contribution is 2.24. The molecule has 0 bridgehead atoms. The van der Waals surface area contributed by atoms with E-state index in [0.29, 0.717) is 0 Å². The summed E-state index contributed by atoms with van der Waals surface area (Å²) in [6.45, 7) is 3.29. The number of hydrogen-bond donors (Lipinski definition) is 4. The smallest absolute Gasteiger partial charge is 0.118 e. The molecule has 0 aliphatic heterocycles. The Balaban J connectivity index is 4.53. The van der Waals surface area contributed by atoms with Crippen molar-refractivity contribution < 1.29 is 20.4 Å². The summed E-state index contributed by atoms with van der Waals surface area (Å²) in [7, 11) is 0. The molecule has 0 aromatic heterocycles. The second-order valence-electron chi connectivity index (χ2n) is 3.26. The molecule has 0 radical (unpaired) electrons. The van der Waals surface area contributed by atoms with Gasteiger partial charge in [-0.25, -0.2) is 0 Å². The van der Waals surface area contributed by atoms with Crippen molar-refractivity contribution in [1.82, 2.24) is 0 Å². The van der Waals surface area contributed by atoms with Crippen LogP contribution in [0.3, 0.4) is 0 Å². The van der Waals surface area contributed by atoms with Gasteiger partial charge in [0, 0.05) is 0 Å². The van der Waals surface area contributed by atoms with Crippen molar-refractivity contribution in [3.05, 3.63) is 0 Å². The van der Waals surface area contributed by atoms with Gasteiger partial charge < -0.3 is 20.4 Å². The van der Waals surface area contributed by atoms with Gasteiger partial charge in [0.15, 0.2) is 0 Å². The Labute approximate surface area is 66.1 Å². The van der Waals surface area contributed by atoms with Crippen molar-refractivity contribution in [2.24, 2.45) is 0 Å². The lowest BCUT2D eigenvalue weighted by Crippen LogP contribution is -2.58. The van der Waals surface area contributed by atoms with Gasteiger partial charge in [0.25, 0.3) is 0 Å². The molecule has 0 saturated heterocycles. The molecule has 68 valence electrons. The van der Waals surface area contributed by atoms with E-state index in [1.54, 1.807) is 0 Å². The minimum Gasteiger partial charge on any atom is -0.393 e. The first-order valence-corrected chi connectivity index (χ1v) is 3.49. The van der Waals surface area contributed by atoms with E-state index in [4.69, 9.17) is 10.2 Å². The highest BCUT2D eigenvalue weighted by Gasteiger charge is 2.44. The van der Waals surface area contributed by atoms with E-state index in [1.807, 2.05) is 0 Å². The van der Waals surface area contributed by atoms with Crippen LogP contribution >= 0.6 is 0 Å². The summed E-state index contributed by atoms with van der Waals surface area (Å²) >= 11 is 0. The average Bonchev–Trinajstić information content (AvgIpc) is 1.87. The monoisotopic (exact) mass is 164 g/mol. The molecule has 0 amide bonds. The maximum Gasteiger partial charge on any atom is 0.118 e. The zero-order chi connectivity index (χ0) is 9.28. The Bertz CT molecular complexity index is 128. The second-order valence-corrected chi connectivity index (χ2v) is 3.26. The van der Waals surface area contributed by atoms with Crippen LogP contribution in [-0.2, 0) is 0 Å². The van der Waals surface area contributed by atoms with Crippen LogP contribution in [0.2, 0.25) is 0 Å². The van der Waals surface area contributed by atoms with Crippen molar-refractivity contribution in [1.29, 1.82) is 0 Å². The third-order valence-corrected chi connectivity index (χ3v) is 2.21. The van der Waals surface area contributed by atoms with E-state index in [1.165, 1.54) is 20.8 Å². The van der Waals surface area contributed by atoms with E-state index >= 15 is 0 Å². The third kappa shape index (κ3) is 1.90. The summed E-state index contributed by atoms with van der Waals surface area (Å²) in [5.74, 6) is 0. The van der Waals surface area contributed by atoms with E-state index in [9.17, 15) is 10.2 Å². The molecule has 0 aliphatic rings. The van der Waals surface area contributed by atoms with Gasteiger partial charge in [0.1, 0.15) is 11.2 Å². The molecule has 0 saturated carbocycles. The molecule has 4 heteroatoms. The van der Waals surface area contributed by atoms with Gasteiger partial charge in [-0.3, -0.25) is 0 Å². The molecule has 4 N–H and O–H groups in total. The van der Waals surface area contributed by atoms with Gasteiger partial charge in [0.05, 0.1) is 12.7 Å². The van der Waals surface area contributed by atoms with Crippen LogP contribution in [0.5, 0.6) is 0 Å². The molecule has 0 spiro atoms. The Morgan fingerprint density at radius 3 is 1.73 bits per heavy atom. The van der Waals surface area contributed by atoms with E-state index in [0.717, 1.165) is 0 Å². The first-order chi connectivity index (χ1) is 4.75. The van der Waals surface area contributed by atoms with Gasteiger partial charge in [-0.2, -0.15) is 0 Å². The molecular weight excluding hydrogens is 148 g/mol. The SMILES string of the molecule is CC(O)C(C)(O)C(C)(O)CO. The molecule has 0 aliphatic carbocycles. The molecule has 11 heavy (non-hydrogen) atoms. The van der Waals surface area contributed by atoms with E-state index in [-0.39, 0.29) is 0 Å². The van der Waals surface area contributed by atoms with Crippen molar-refractivity contribution >= 4 is 0 Å². The highest BCUT2D eigenvalue weighted by molar-refractivity contribution is 4.96. The van der Waals surface area contributed by atoms with Crippen LogP contribution in [0.1, 0.15) is 20.8 Å². The lowest BCUT2D eigenvalue weighted by atomic mass is 9.82. The first-order valence-electron chi connectivity index (χ1n) is 3.49. The first kappa shape index (κ1) is 10.8. The fraction of sp³-hybridized carbons (Fsp3) is 1.00. The lowest BCUT2D eigenvalue weighted by Gasteiger charge is -2.39. The maximum atomic E-state index is 9.46. The van der Waals surface area contributed by atoms with Gasteiger partial charge in [-0.05, 0) is 20.8 Å². The summed E-state index contributed by atoms with van der Waals surface area (Å²) in [6.07, 6.45) is -1.09. The molecule has 0 heterocycles. The zero-order valence-electron chi connectivity index (χ0n) is 7.07. The molecule has 3 atom stereocenters. The molecule has 4 nitrogen and oxygen atoms in total. The number of aliphatic hydroxyl groups is 4. The standard InChI is InChI=1S/C7H16O4/c1-5(9)7(3,11)6(2,10)4-8/h5,8-11H,4H2,1-3H3. The van der Waals surface area contributed by atoms with Crippen LogP contribution in [0.4, 0.5) is 0 Å². The Hall–Kier alpha value is -0.160. The number of aliphatic hydroxyl groups excluding tert-OH is 2. The third-order valence-electron chi connectivity index (χ3n) is 2.21. The van der Waals surface area contributed by atoms with Gasteiger partial charge in [-0.1, -0.05) is 0 Å². The minimum absolute atomic E-state index is 0.592. The molecule has 0 aromatic rings. The van der Waals surface area contributed by atoms with Gasteiger partial charge in [0.2, 0.25) is 0 Å². The Morgan fingerprint density at radius 1 is 1.27 bits per heavy atom. The van der Waals surface area contributed by atoms with E-state index < -0.39 is 23.9 Å². The normalized spacial score (nSPS) is 25.4. The van der Waals surface area contributed by atoms with Crippen LogP contribution in [0.25, 0.3) is 0 Å². The van der Waals surface area contributed by atoms with Crippen LogP contribution in [0.15, 0.2) is 0 Å². The van der Waals surface area contributed by atoms with Crippen LogP contribution in [0, 0.1) is 0 Å². The highest BCUT2D eigenvalue weighted by atomic mass is 16.4. The van der Waals surface area contributed by atoms with Crippen molar-refractivity contribution in [3.8, 4) is 0 Å². The van der Waals surface area contributed by atoms with Gasteiger partial charge >= 0.3 is 0 Å². The topological polar surface area (TPSA) is 80.9 Å². The summed E-state index contributed by atoms with van der Waals surface area (Å²) in [6, 6.07) is 0. The minimum atomic E-state index is -1.69. The van der Waals surface area contributed by atoms with E-state index in [2.05, 4.69) is 0 Å². The fourth-order valence-corrected chi connectivity index (χ4v) is 0.610. The summed E-state index contributed by atoms with van der Waals surface area (Å²) in [5, 5.41) is 36.5. The lowest BCUT2D eigenvalue weighted by molar-refractivity contribution is -0.194. The average molecular weight is 164 g/mol. The number of rotatable bonds is 3. The maximum absolute atomic E-state index is 9.46. The predicted octanol–water partition coefficient (Wildman–Crippen LogP) is -1.14. The molecule has 0 aromatic carbocycles. The zero-order valence-corrected chi connectivity index (χ0v) is 7.07. The van der Waals surface area contributed by atoms with Crippen LogP contribution < -0.4 is 0 Å². The number of hydrogen-bond acceptors (Lipinski definition) is 4. The Kier molecular flexibility index (Phi) is 3.02. The molecule has 0 rings (SSSR count). The largest absolute Gasteiger partial charge is 0.393 e. The fourth-order valence-electron chi connectivity index (χ4n) is 0.610. The quantitative estimate of drug-likeness (QED) is 0.425. The second kappa shape index (κ2) is 3.06. The summed E-state index contributed by atoms with van der Waals surface area (Å²) in [4.78, 5) is 0. The predicted molar refractivity (Wildman–Crippen MR) is 40.0 cm³/mol. The molecular formula is C7H16O4. The van der Waals surface area contributed by atoms with Crippen LogP contribution in [-0.4, -0.2) is 44.3 Å². The molecule has 0 fully saturated rings. The molecule has 3 unspecified atom stereocenters. The van der Waals surface area contributed by atoms with Gasteiger partial charge in [-0.15, -0.1) is 0 Å². The summed E-state index contributed by atoms with van der Waals surface area (Å²) < 4.78 is 0. The Morgan fingerprint density at radius 2 is 1.64 bits per heavy atom.